The van der Waals surface area contributed by atoms with Gasteiger partial charge in [0.15, 0.2) is 0 Å². The van der Waals surface area contributed by atoms with Crippen LogP contribution in [0, 0.1) is 0 Å². The Labute approximate surface area is 125 Å². The first kappa shape index (κ1) is 13.5. The molecule has 5 nitrogen and oxygen atoms in total. The molecule has 0 saturated carbocycles. The molecule has 0 spiro atoms. The van der Waals surface area contributed by atoms with E-state index in [4.69, 9.17) is 0 Å². The number of hydrogen-bond acceptors (Lipinski definition) is 6. The van der Waals surface area contributed by atoms with E-state index in [0.717, 1.165) is 21.3 Å². The number of nitrogens with zero attached hydrogens (tertiary/aromatic N) is 2. The molecule has 0 saturated heterocycles. The third-order valence-corrected chi connectivity index (χ3v) is 3.96. The summed E-state index contributed by atoms with van der Waals surface area (Å²) in [6.07, 6.45) is 1.42. The average Bonchev–Trinajstić information content (AvgIpc) is 2.93. The van der Waals surface area contributed by atoms with Crippen LogP contribution in [0.1, 0.15) is 6.42 Å². The lowest BCUT2D eigenvalue weighted by Crippen LogP contribution is -2.24. The summed E-state index contributed by atoms with van der Waals surface area (Å²) in [4.78, 5) is 19.9. The highest BCUT2D eigenvalue weighted by molar-refractivity contribution is 7.17. The number of benzene rings is 1. The molecule has 6 heteroatoms. The Morgan fingerprint density at radius 2 is 2.05 bits per heavy atom. The molecule has 0 fully saturated rings. The lowest BCUT2D eigenvalue weighted by molar-refractivity contribution is -0.305. The van der Waals surface area contributed by atoms with Crippen molar-refractivity contribution in [2.24, 2.45) is 0 Å². The smallest absolute Gasteiger partial charge is 0.138 e. The zero-order valence-electron chi connectivity index (χ0n) is 11.1. The van der Waals surface area contributed by atoms with Crippen LogP contribution in [0.15, 0.2) is 42.0 Å². The van der Waals surface area contributed by atoms with Crippen LogP contribution >= 0.6 is 11.3 Å². The number of hydrogen-bond donors (Lipinski definition) is 1. The second kappa shape index (κ2) is 5.88. The van der Waals surface area contributed by atoms with Gasteiger partial charge in [0.25, 0.3) is 0 Å². The van der Waals surface area contributed by atoms with Crippen molar-refractivity contribution in [3.8, 4) is 11.1 Å². The van der Waals surface area contributed by atoms with Gasteiger partial charge < -0.3 is 15.2 Å². The third-order valence-electron chi connectivity index (χ3n) is 3.08. The largest absolute Gasteiger partial charge is 0.550 e. The van der Waals surface area contributed by atoms with Gasteiger partial charge in [-0.25, -0.2) is 9.97 Å². The van der Waals surface area contributed by atoms with Crippen LogP contribution < -0.4 is 10.4 Å². The van der Waals surface area contributed by atoms with Gasteiger partial charge in [0.1, 0.15) is 17.0 Å². The first-order valence-electron chi connectivity index (χ1n) is 6.47. The van der Waals surface area contributed by atoms with Crippen LogP contribution in [0.2, 0.25) is 0 Å². The molecule has 0 aliphatic rings. The summed E-state index contributed by atoms with van der Waals surface area (Å²) in [7, 11) is 0. The number of carbonyl (C=O) groups is 1. The number of carbonyl (C=O) groups excluding carboxylic acids is 1. The molecule has 2 heterocycles. The fourth-order valence-electron chi connectivity index (χ4n) is 2.12. The van der Waals surface area contributed by atoms with E-state index in [0.29, 0.717) is 5.82 Å². The number of thiophene rings is 1. The van der Waals surface area contributed by atoms with Gasteiger partial charge in [-0.15, -0.1) is 11.3 Å². The predicted molar refractivity (Wildman–Crippen MR) is 81.0 cm³/mol. The molecule has 3 rings (SSSR count). The van der Waals surface area contributed by atoms with Crippen molar-refractivity contribution in [3.05, 3.63) is 42.0 Å². The molecule has 0 atom stereocenters. The second-order valence-electron chi connectivity index (χ2n) is 4.47. The summed E-state index contributed by atoms with van der Waals surface area (Å²) in [5, 5.41) is 16.5. The van der Waals surface area contributed by atoms with E-state index in [2.05, 4.69) is 15.3 Å². The summed E-state index contributed by atoms with van der Waals surface area (Å²) < 4.78 is 0. The maximum Gasteiger partial charge on any atom is 0.138 e. The normalized spacial score (nSPS) is 10.7. The number of nitrogens with one attached hydrogen (secondary N) is 1. The number of carboxylic acid groups (broad SMARTS) is 1. The molecular formula is C15H12N3O2S-. The highest BCUT2D eigenvalue weighted by atomic mass is 32.1. The molecule has 2 aromatic heterocycles. The van der Waals surface area contributed by atoms with Crippen LogP contribution in [0.3, 0.4) is 0 Å². The number of aliphatic carboxylic acids is 1. The molecule has 0 aliphatic carbocycles. The van der Waals surface area contributed by atoms with E-state index in [9.17, 15) is 9.90 Å². The lowest BCUT2D eigenvalue weighted by Gasteiger charge is -2.08. The second-order valence-corrected chi connectivity index (χ2v) is 5.32. The number of fused-ring (bicyclic) bond motifs is 1. The minimum Gasteiger partial charge on any atom is -0.550 e. The molecule has 0 aliphatic heterocycles. The molecule has 0 bridgehead atoms. The molecule has 1 N–H and O–H groups in total. The number of anilines is 1. The SMILES string of the molecule is O=C([O-])CCNc1ncnc2scc(-c3ccccc3)c12. The Bertz CT molecular complexity index is 771. The van der Waals surface area contributed by atoms with E-state index >= 15 is 0 Å². The van der Waals surface area contributed by atoms with Crippen LogP contribution in [0.25, 0.3) is 21.3 Å². The van der Waals surface area contributed by atoms with Gasteiger partial charge in [-0.3, -0.25) is 0 Å². The lowest BCUT2D eigenvalue weighted by atomic mass is 10.1. The Morgan fingerprint density at radius 1 is 1.24 bits per heavy atom. The van der Waals surface area contributed by atoms with Crippen molar-refractivity contribution in [1.82, 2.24) is 9.97 Å². The fourth-order valence-corrected chi connectivity index (χ4v) is 3.04. The van der Waals surface area contributed by atoms with Crippen molar-refractivity contribution < 1.29 is 9.90 Å². The Balaban J connectivity index is 2.01. The zero-order chi connectivity index (χ0) is 14.7. The average molecular weight is 298 g/mol. The van der Waals surface area contributed by atoms with Gasteiger partial charge >= 0.3 is 0 Å². The molecule has 0 radical (unpaired) electrons. The highest BCUT2D eigenvalue weighted by Crippen LogP contribution is 2.36. The standard InChI is InChI=1S/C15H13N3O2S/c19-12(20)6-7-16-14-13-11(10-4-2-1-3-5-10)8-21-15(13)18-9-17-14/h1-5,8-9H,6-7H2,(H,19,20)(H,16,17,18)/p-1. The van der Waals surface area contributed by atoms with Crippen molar-refractivity contribution in [3.63, 3.8) is 0 Å². The Morgan fingerprint density at radius 3 is 2.81 bits per heavy atom. The molecule has 0 amide bonds. The summed E-state index contributed by atoms with van der Waals surface area (Å²) in [6.45, 7) is 0.276. The zero-order valence-corrected chi connectivity index (χ0v) is 11.9. The topological polar surface area (TPSA) is 77.9 Å². The summed E-state index contributed by atoms with van der Waals surface area (Å²) >= 11 is 1.54. The molecule has 106 valence electrons. The summed E-state index contributed by atoms with van der Waals surface area (Å²) in [5.41, 5.74) is 2.13. The number of aromatic nitrogens is 2. The van der Waals surface area contributed by atoms with Crippen LogP contribution in [0.4, 0.5) is 5.82 Å². The number of carboxylic acids is 1. The Hall–Kier alpha value is -2.47. The van der Waals surface area contributed by atoms with Gasteiger partial charge in [-0.1, -0.05) is 30.3 Å². The van der Waals surface area contributed by atoms with E-state index in [1.54, 1.807) is 11.3 Å². The number of rotatable bonds is 5. The van der Waals surface area contributed by atoms with Gasteiger partial charge in [-0.2, -0.15) is 0 Å². The van der Waals surface area contributed by atoms with Crippen molar-refractivity contribution in [1.29, 1.82) is 0 Å². The Kier molecular flexibility index (Phi) is 3.79. The van der Waals surface area contributed by atoms with Crippen LogP contribution in [-0.2, 0) is 4.79 Å². The third kappa shape index (κ3) is 2.85. The van der Waals surface area contributed by atoms with Gasteiger partial charge in [0.2, 0.25) is 0 Å². The molecular weight excluding hydrogens is 286 g/mol. The van der Waals surface area contributed by atoms with E-state index in [1.807, 2.05) is 35.7 Å². The van der Waals surface area contributed by atoms with Gasteiger partial charge in [0, 0.05) is 29.9 Å². The van der Waals surface area contributed by atoms with E-state index < -0.39 is 5.97 Å². The van der Waals surface area contributed by atoms with Crippen molar-refractivity contribution in [2.75, 3.05) is 11.9 Å². The first-order chi connectivity index (χ1) is 10.3. The summed E-state index contributed by atoms with van der Waals surface area (Å²) in [6, 6.07) is 9.98. The monoisotopic (exact) mass is 298 g/mol. The van der Waals surface area contributed by atoms with Crippen molar-refractivity contribution in [2.45, 2.75) is 6.42 Å². The minimum atomic E-state index is -1.08. The maximum atomic E-state index is 10.5. The molecule has 0 unspecified atom stereocenters. The quantitative estimate of drug-likeness (QED) is 0.778. The van der Waals surface area contributed by atoms with E-state index in [1.165, 1.54) is 6.33 Å². The summed E-state index contributed by atoms with van der Waals surface area (Å²) in [5.74, 6) is -0.428. The molecule has 21 heavy (non-hydrogen) atoms. The van der Waals surface area contributed by atoms with Gasteiger partial charge in [0.05, 0.1) is 5.39 Å². The fraction of sp³-hybridized carbons (Fsp3) is 0.133. The minimum absolute atomic E-state index is 0.0592. The molecule has 1 aromatic carbocycles. The highest BCUT2D eigenvalue weighted by Gasteiger charge is 2.12. The van der Waals surface area contributed by atoms with Gasteiger partial charge in [-0.05, 0) is 5.56 Å². The molecule has 3 aromatic rings. The first-order valence-corrected chi connectivity index (χ1v) is 7.35. The van der Waals surface area contributed by atoms with Crippen LogP contribution in [0.5, 0.6) is 0 Å². The van der Waals surface area contributed by atoms with E-state index in [-0.39, 0.29) is 13.0 Å². The van der Waals surface area contributed by atoms with Crippen LogP contribution in [-0.4, -0.2) is 22.5 Å². The van der Waals surface area contributed by atoms with Crippen molar-refractivity contribution >= 4 is 33.3 Å². The maximum absolute atomic E-state index is 10.5. The predicted octanol–water partition coefficient (Wildman–Crippen LogP) is 1.91.